The maximum Gasteiger partial charge on any atom is 0.227 e. The van der Waals surface area contributed by atoms with E-state index in [-0.39, 0.29) is 29.5 Å². The van der Waals surface area contributed by atoms with Gasteiger partial charge in [0.25, 0.3) is 0 Å². The Morgan fingerprint density at radius 2 is 2.00 bits per heavy atom. The summed E-state index contributed by atoms with van der Waals surface area (Å²) in [4.78, 5) is 26.9. The van der Waals surface area contributed by atoms with Crippen LogP contribution in [0.3, 0.4) is 0 Å². The molecule has 2 fully saturated rings. The zero-order valence-corrected chi connectivity index (χ0v) is 15.9. The molecule has 2 heterocycles. The number of halogens is 2. The van der Waals surface area contributed by atoms with Gasteiger partial charge < -0.3 is 20.3 Å². The molecule has 0 bridgehead atoms. The predicted octanol–water partition coefficient (Wildman–Crippen LogP) is 1.22. The summed E-state index contributed by atoms with van der Waals surface area (Å²) in [6, 6.07) is 4.55. The minimum atomic E-state index is -0.368. The first-order valence-corrected chi connectivity index (χ1v) is 9.72. The van der Waals surface area contributed by atoms with Crippen molar-refractivity contribution in [3.63, 3.8) is 0 Å². The molecule has 1 aromatic rings. The maximum atomic E-state index is 13.8. The van der Waals surface area contributed by atoms with Gasteiger partial charge in [0.2, 0.25) is 11.8 Å². The number of piperidine rings is 1. The van der Waals surface area contributed by atoms with Crippen LogP contribution in [0.1, 0.15) is 12.0 Å². The topological polar surface area (TPSA) is 70.7 Å². The Bertz CT molecular complexity index is 662. The van der Waals surface area contributed by atoms with Crippen LogP contribution < -0.4 is 10.6 Å². The molecule has 2 saturated heterocycles. The molecule has 0 spiro atoms. The number of ether oxygens (including phenoxy) is 1. The lowest BCUT2D eigenvalue weighted by molar-refractivity contribution is -0.141. The van der Waals surface area contributed by atoms with Crippen molar-refractivity contribution in [1.29, 1.82) is 0 Å². The minimum Gasteiger partial charge on any atom is -0.378 e. The molecule has 6 nitrogen and oxygen atoms in total. The van der Waals surface area contributed by atoms with Crippen molar-refractivity contribution in [2.75, 3.05) is 45.9 Å². The summed E-state index contributed by atoms with van der Waals surface area (Å²) < 4.78 is 19.1. The Morgan fingerprint density at radius 1 is 1.26 bits per heavy atom. The van der Waals surface area contributed by atoms with E-state index in [2.05, 4.69) is 10.6 Å². The van der Waals surface area contributed by atoms with Crippen LogP contribution in [0.25, 0.3) is 0 Å². The molecule has 0 aliphatic carbocycles. The van der Waals surface area contributed by atoms with Crippen molar-refractivity contribution in [1.82, 2.24) is 15.5 Å². The van der Waals surface area contributed by atoms with E-state index >= 15 is 0 Å². The van der Waals surface area contributed by atoms with Crippen molar-refractivity contribution in [3.05, 3.63) is 34.6 Å². The number of nitrogens with one attached hydrogen (secondary N) is 2. The number of nitrogens with zero attached hydrogens (tertiary/aromatic N) is 1. The van der Waals surface area contributed by atoms with E-state index in [4.69, 9.17) is 16.3 Å². The van der Waals surface area contributed by atoms with Gasteiger partial charge in [-0.25, -0.2) is 4.39 Å². The molecule has 3 rings (SSSR count). The van der Waals surface area contributed by atoms with Crippen LogP contribution in [-0.2, 0) is 20.7 Å². The van der Waals surface area contributed by atoms with E-state index < -0.39 is 0 Å². The lowest BCUT2D eigenvalue weighted by atomic mass is 9.88. The number of carbonyl (C=O) groups is 2. The highest BCUT2D eigenvalue weighted by Crippen LogP contribution is 2.21. The second kappa shape index (κ2) is 9.48. The molecule has 2 atom stereocenters. The van der Waals surface area contributed by atoms with Gasteiger partial charge >= 0.3 is 0 Å². The van der Waals surface area contributed by atoms with Gasteiger partial charge in [-0.2, -0.15) is 0 Å². The van der Waals surface area contributed by atoms with E-state index in [9.17, 15) is 14.0 Å². The lowest BCUT2D eigenvalue weighted by Gasteiger charge is -2.34. The summed E-state index contributed by atoms with van der Waals surface area (Å²) in [7, 11) is 0. The highest BCUT2D eigenvalue weighted by molar-refractivity contribution is 6.31. The normalized spacial score (nSPS) is 23.1. The van der Waals surface area contributed by atoms with E-state index in [1.54, 1.807) is 12.1 Å². The number of rotatable bonds is 5. The fraction of sp³-hybridized carbons (Fsp3) is 0.579. The zero-order chi connectivity index (χ0) is 19.2. The number of hydrogen-bond acceptors (Lipinski definition) is 4. The SMILES string of the molecule is O=C(NCCc1c(F)cccc1Cl)[C@@H]1CNC[C@H](C(=O)N2CCOCC2)C1. The molecule has 148 valence electrons. The van der Waals surface area contributed by atoms with Crippen LogP contribution in [0.15, 0.2) is 18.2 Å². The summed E-state index contributed by atoms with van der Waals surface area (Å²) >= 11 is 6.01. The molecule has 2 aliphatic rings. The summed E-state index contributed by atoms with van der Waals surface area (Å²) in [6.07, 6.45) is 0.850. The van der Waals surface area contributed by atoms with Gasteiger partial charge in [0.1, 0.15) is 5.82 Å². The summed E-state index contributed by atoms with van der Waals surface area (Å²) in [6.45, 7) is 3.77. The average Bonchev–Trinajstić information content (AvgIpc) is 2.70. The first kappa shape index (κ1) is 20.0. The van der Waals surface area contributed by atoms with Crippen molar-refractivity contribution in [3.8, 4) is 0 Å². The third-order valence-electron chi connectivity index (χ3n) is 5.13. The predicted molar refractivity (Wildman–Crippen MR) is 100.0 cm³/mol. The van der Waals surface area contributed by atoms with Crippen molar-refractivity contribution < 1.29 is 18.7 Å². The third-order valence-corrected chi connectivity index (χ3v) is 5.48. The van der Waals surface area contributed by atoms with Gasteiger partial charge in [0.15, 0.2) is 0 Å². The van der Waals surface area contributed by atoms with E-state index in [0.717, 1.165) is 0 Å². The maximum absolute atomic E-state index is 13.8. The quantitative estimate of drug-likeness (QED) is 0.783. The molecular weight excluding hydrogens is 373 g/mol. The number of amides is 2. The molecular formula is C19H25ClFN3O3. The van der Waals surface area contributed by atoms with Crippen molar-refractivity contribution >= 4 is 23.4 Å². The van der Waals surface area contributed by atoms with Gasteiger partial charge in [-0.3, -0.25) is 9.59 Å². The van der Waals surface area contributed by atoms with E-state index in [0.29, 0.717) is 69.4 Å². The van der Waals surface area contributed by atoms with Crippen molar-refractivity contribution in [2.45, 2.75) is 12.8 Å². The smallest absolute Gasteiger partial charge is 0.227 e. The Morgan fingerprint density at radius 3 is 2.74 bits per heavy atom. The number of morpholine rings is 1. The van der Waals surface area contributed by atoms with Gasteiger partial charge in [0, 0.05) is 43.3 Å². The molecule has 0 saturated carbocycles. The fourth-order valence-electron chi connectivity index (χ4n) is 3.60. The highest BCUT2D eigenvalue weighted by Gasteiger charge is 2.33. The molecule has 8 heteroatoms. The van der Waals surface area contributed by atoms with Crippen LogP contribution in [0, 0.1) is 17.7 Å². The van der Waals surface area contributed by atoms with Crippen LogP contribution >= 0.6 is 11.6 Å². The second-order valence-corrected chi connectivity index (χ2v) is 7.37. The molecule has 2 N–H and O–H groups in total. The van der Waals surface area contributed by atoms with Gasteiger partial charge in [-0.05, 0) is 25.0 Å². The number of carbonyl (C=O) groups excluding carboxylic acids is 2. The molecule has 27 heavy (non-hydrogen) atoms. The van der Waals surface area contributed by atoms with E-state index in [1.165, 1.54) is 6.07 Å². The molecule has 0 aromatic heterocycles. The Balaban J connectivity index is 1.48. The molecule has 1 aromatic carbocycles. The van der Waals surface area contributed by atoms with E-state index in [1.807, 2.05) is 4.90 Å². The summed E-state index contributed by atoms with van der Waals surface area (Å²) in [5.74, 6) is -0.874. The standard InChI is InChI=1S/C19H25ClFN3O3/c20-16-2-1-3-17(21)15(16)4-5-23-18(25)13-10-14(12-22-11-13)19(26)24-6-8-27-9-7-24/h1-3,13-14,22H,4-12H2,(H,23,25)/t13-,14+/m0/s1. The average molecular weight is 398 g/mol. The first-order chi connectivity index (χ1) is 13.1. The molecule has 2 amide bonds. The summed E-state index contributed by atoms with van der Waals surface area (Å²) in [5.41, 5.74) is 0.404. The largest absolute Gasteiger partial charge is 0.378 e. The van der Waals surface area contributed by atoms with Gasteiger partial charge in [-0.15, -0.1) is 0 Å². The van der Waals surface area contributed by atoms with Crippen LogP contribution in [0.2, 0.25) is 5.02 Å². The van der Waals surface area contributed by atoms with Gasteiger partial charge in [0.05, 0.1) is 25.0 Å². The van der Waals surface area contributed by atoms with Crippen molar-refractivity contribution in [2.24, 2.45) is 11.8 Å². The molecule has 0 radical (unpaired) electrons. The number of benzene rings is 1. The molecule has 0 unspecified atom stereocenters. The Labute approximate surface area is 163 Å². The van der Waals surface area contributed by atoms with Crippen LogP contribution in [-0.4, -0.2) is 62.7 Å². The first-order valence-electron chi connectivity index (χ1n) is 9.34. The molecule has 2 aliphatic heterocycles. The monoisotopic (exact) mass is 397 g/mol. The second-order valence-electron chi connectivity index (χ2n) is 6.97. The minimum absolute atomic E-state index is 0.0847. The van der Waals surface area contributed by atoms with Crippen LogP contribution in [0.4, 0.5) is 4.39 Å². The Hall–Kier alpha value is -1.70. The Kier molecular flexibility index (Phi) is 7.04. The number of hydrogen-bond donors (Lipinski definition) is 2. The van der Waals surface area contributed by atoms with Gasteiger partial charge in [-0.1, -0.05) is 17.7 Å². The highest BCUT2D eigenvalue weighted by atomic mass is 35.5. The van der Waals surface area contributed by atoms with Crippen LogP contribution in [0.5, 0.6) is 0 Å². The lowest BCUT2D eigenvalue weighted by Crippen LogP contribution is -2.51. The zero-order valence-electron chi connectivity index (χ0n) is 15.2. The third kappa shape index (κ3) is 5.18. The summed E-state index contributed by atoms with van der Waals surface area (Å²) in [5, 5.41) is 6.40. The fourth-order valence-corrected chi connectivity index (χ4v) is 3.86.